The number of benzene rings is 2. The summed E-state index contributed by atoms with van der Waals surface area (Å²) in [4.78, 5) is 12.5. The second-order valence-corrected chi connectivity index (χ2v) is 6.13. The van der Waals surface area contributed by atoms with Crippen LogP contribution in [0, 0.1) is 0 Å². The van der Waals surface area contributed by atoms with E-state index in [-0.39, 0.29) is 5.91 Å². The summed E-state index contributed by atoms with van der Waals surface area (Å²) < 4.78 is 5.23. The van der Waals surface area contributed by atoms with Gasteiger partial charge in [-0.25, -0.2) is 0 Å². The van der Waals surface area contributed by atoms with Gasteiger partial charge in [-0.05, 0) is 30.0 Å². The number of carbonyl (C=O) groups is 1. The number of aryl methyl sites for hydroxylation is 1. The SMILES string of the molecule is COc1cc(N)c(Cl)cc1C(=O)NCC1CCc2ccccc21. The van der Waals surface area contributed by atoms with Gasteiger partial charge in [-0.1, -0.05) is 35.9 Å². The van der Waals surface area contributed by atoms with Crippen LogP contribution in [0.25, 0.3) is 0 Å². The highest BCUT2D eigenvalue weighted by Crippen LogP contribution is 2.33. The summed E-state index contributed by atoms with van der Waals surface area (Å²) in [6.07, 6.45) is 2.12. The number of fused-ring (bicyclic) bond motifs is 1. The van der Waals surface area contributed by atoms with Crippen LogP contribution in [-0.2, 0) is 6.42 Å². The monoisotopic (exact) mass is 330 g/mol. The number of halogens is 1. The molecule has 4 nitrogen and oxygen atoms in total. The molecule has 2 aromatic rings. The van der Waals surface area contributed by atoms with Crippen LogP contribution in [0.5, 0.6) is 5.75 Å². The van der Waals surface area contributed by atoms with Crippen molar-refractivity contribution < 1.29 is 9.53 Å². The number of ether oxygens (including phenoxy) is 1. The Balaban J connectivity index is 1.73. The van der Waals surface area contributed by atoms with E-state index in [1.807, 2.05) is 6.07 Å². The first kappa shape index (κ1) is 15.7. The lowest BCUT2D eigenvalue weighted by Gasteiger charge is -2.15. The fourth-order valence-corrected chi connectivity index (χ4v) is 3.25. The van der Waals surface area contributed by atoms with Crippen LogP contribution in [0.2, 0.25) is 5.02 Å². The van der Waals surface area contributed by atoms with Gasteiger partial charge < -0.3 is 15.8 Å². The van der Waals surface area contributed by atoms with Gasteiger partial charge in [0.15, 0.2) is 0 Å². The van der Waals surface area contributed by atoms with Gasteiger partial charge in [0, 0.05) is 18.5 Å². The first-order valence-corrected chi connectivity index (χ1v) is 7.97. The van der Waals surface area contributed by atoms with Gasteiger partial charge in [-0.2, -0.15) is 0 Å². The van der Waals surface area contributed by atoms with Crippen molar-refractivity contribution in [2.75, 3.05) is 19.4 Å². The topological polar surface area (TPSA) is 64.3 Å². The van der Waals surface area contributed by atoms with E-state index in [2.05, 4.69) is 23.5 Å². The maximum absolute atomic E-state index is 12.5. The summed E-state index contributed by atoms with van der Waals surface area (Å²) in [5.41, 5.74) is 9.25. The van der Waals surface area contributed by atoms with Crippen LogP contribution in [0.4, 0.5) is 5.69 Å². The standard InChI is InChI=1S/C18H19ClN2O2/c1-23-17-9-16(20)15(19)8-14(17)18(22)21-10-12-7-6-11-4-2-3-5-13(11)12/h2-5,8-9,12H,6-7,10,20H2,1H3,(H,21,22). The average Bonchev–Trinajstić information content (AvgIpc) is 2.98. The molecule has 120 valence electrons. The van der Waals surface area contributed by atoms with E-state index in [1.165, 1.54) is 18.2 Å². The van der Waals surface area contributed by atoms with Gasteiger partial charge in [0.25, 0.3) is 5.91 Å². The van der Waals surface area contributed by atoms with Crippen molar-refractivity contribution in [1.29, 1.82) is 0 Å². The van der Waals surface area contributed by atoms with E-state index in [9.17, 15) is 4.79 Å². The Bertz CT molecular complexity index is 746. The van der Waals surface area contributed by atoms with Gasteiger partial charge >= 0.3 is 0 Å². The molecule has 0 spiro atoms. The average molecular weight is 331 g/mol. The van der Waals surface area contributed by atoms with Crippen LogP contribution >= 0.6 is 11.6 Å². The van der Waals surface area contributed by atoms with Crippen molar-refractivity contribution in [3.8, 4) is 5.75 Å². The number of nitrogens with one attached hydrogen (secondary N) is 1. The smallest absolute Gasteiger partial charge is 0.255 e. The first-order chi connectivity index (χ1) is 11.1. The summed E-state index contributed by atoms with van der Waals surface area (Å²) in [6.45, 7) is 0.598. The number of hydrogen-bond acceptors (Lipinski definition) is 3. The molecule has 23 heavy (non-hydrogen) atoms. The largest absolute Gasteiger partial charge is 0.496 e. The van der Waals surface area contributed by atoms with Crippen molar-refractivity contribution in [3.63, 3.8) is 0 Å². The van der Waals surface area contributed by atoms with E-state index in [1.54, 1.807) is 12.1 Å². The Morgan fingerprint density at radius 1 is 1.39 bits per heavy atom. The first-order valence-electron chi connectivity index (χ1n) is 7.59. The molecule has 1 atom stereocenters. The lowest BCUT2D eigenvalue weighted by molar-refractivity contribution is 0.0948. The van der Waals surface area contributed by atoms with E-state index in [0.29, 0.717) is 34.5 Å². The lowest BCUT2D eigenvalue weighted by atomic mass is 10.0. The molecule has 0 aromatic heterocycles. The van der Waals surface area contributed by atoms with Gasteiger partial charge in [-0.15, -0.1) is 0 Å². The molecule has 1 unspecified atom stereocenters. The molecule has 0 bridgehead atoms. The molecule has 0 saturated carbocycles. The van der Waals surface area contributed by atoms with Gasteiger partial charge in [0.1, 0.15) is 5.75 Å². The lowest BCUT2D eigenvalue weighted by Crippen LogP contribution is -2.28. The maximum Gasteiger partial charge on any atom is 0.255 e. The van der Waals surface area contributed by atoms with Crippen LogP contribution < -0.4 is 15.8 Å². The number of carbonyl (C=O) groups excluding carboxylic acids is 1. The quantitative estimate of drug-likeness (QED) is 0.844. The summed E-state index contributed by atoms with van der Waals surface area (Å²) in [5, 5.41) is 3.33. The highest BCUT2D eigenvalue weighted by molar-refractivity contribution is 6.33. The number of nitrogens with two attached hydrogens (primary N) is 1. The summed E-state index contributed by atoms with van der Waals surface area (Å²) in [7, 11) is 1.51. The molecule has 3 N–H and O–H groups in total. The third-order valence-corrected chi connectivity index (χ3v) is 4.66. The minimum atomic E-state index is -0.201. The predicted molar refractivity (Wildman–Crippen MR) is 92.3 cm³/mol. The molecule has 0 saturated heterocycles. The highest BCUT2D eigenvalue weighted by Gasteiger charge is 2.23. The molecule has 0 heterocycles. The van der Waals surface area contributed by atoms with Crippen molar-refractivity contribution in [2.24, 2.45) is 0 Å². The van der Waals surface area contributed by atoms with Crippen LogP contribution in [-0.4, -0.2) is 19.6 Å². The minimum absolute atomic E-state index is 0.201. The predicted octanol–water partition coefficient (Wildman–Crippen LogP) is 3.39. The van der Waals surface area contributed by atoms with E-state index in [0.717, 1.165) is 12.8 Å². The van der Waals surface area contributed by atoms with Crippen molar-refractivity contribution in [1.82, 2.24) is 5.32 Å². The number of hydrogen-bond donors (Lipinski definition) is 2. The second-order valence-electron chi connectivity index (χ2n) is 5.72. The zero-order valence-corrected chi connectivity index (χ0v) is 13.7. The summed E-state index contributed by atoms with van der Waals surface area (Å²) >= 11 is 6.02. The number of rotatable bonds is 4. The van der Waals surface area contributed by atoms with Crippen molar-refractivity contribution in [2.45, 2.75) is 18.8 Å². The molecule has 0 fully saturated rings. The van der Waals surface area contributed by atoms with Crippen molar-refractivity contribution >= 4 is 23.2 Å². The Morgan fingerprint density at radius 3 is 2.96 bits per heavy atom. The third-order valence-electron chi connectivity index (χ3n) is 4.33. The van der Waals surface area contributed by atoms with E-state index in [4.69, 9.17) is 22.1 Å². The van der Waals surface area contributed by atoms with Crippen LogP contribution in [0.15, 0.2) is 36.4 Å². The van der Waals surface area contributed by atoms with E-state index < -0.39 is 0 Å². The Labute approximate surface area is 140 Å². The number of amides is 1. The summed E-state index contributed by atoms with van der Waals surface area (Å²) in [5.74, 6) is 0.578. The zero-order valence-electron chi connectivity index (χ0n) is 12.9. The van der Waals surface area contributed by atoms with Crippen LogP contribution in [0.1, 0.15) is 33.8 Å². The van der Waals surface area contributed by atoms with Crippen molar-refractivity contribution in [3.05, 3.63) is 58.1 Å². The number of nitrogen functional groups attached to an aromatic ring is 1. The Kier molecular flexibility index (Phi) is 4.44. The molecule has 0 radical (unpaired) electrons. The fraction of sp³-hybridized carbons (Fsp3) is 0.278. The Hall–Kier alpha value is -2.20. The minimum Gasteiger partial charge on any atom is -0.496 e. The Morgan fingerprint density at radius 2 is 2.17 bits per heavy atom. The normalized spacial score (nSPS) is 16.0. The molecular weight excluding hydrogens is 312 g/mol. The van der Waals surface area contributed by atoms with Crippen LogP contribution in [0.3, 0.4) is 0 Å². The maximum atomic E-state index is 12.5. The number of methoxy groups -OCH3 is 1. The molecule has 2 aromatic carbocycles. The molecule has 1 aliphatic rings. The van der Waals surface area contributed by atoms with Gasteiger partial charge in [0.05, 0.1) is 23.4 Å². The number of anilines is 1. The van der Waals surface area contributed by atoms with Gasteiger partial charge in [-0.3, -0.25) is 4.79 Å². The highest BCUT2D eigenvalue weighted by atomic mass is 35.5. The molecule has 3 rings (SSSR count). The molecular formula is C18H19ClN2O2. The molecule has 1 amide bonds. The molecule has 5 heteroatoms. The molecule has 0 aliphatic heterocycles. The van der Waals surface area contributed by atoms with E-state index >= 15 is 0 Å². The fourth-order valence-electron chi connectivity index (χ4n) is 3.08. The third kappa shape index (κ3) is 3.13. The summed E-state index contributed by atoms with van der Waals surface area (Å²) in [6, 6.07) is 11.5. The molecule has 1 aliphatic carbocycles. The van der Waals surface area contributed by atoms with Gasteiger partial charge in [0.2, 0.25) is 0 Å². The zero-order chi connectivity index (χ0) is 16.4. The second kappa shape index (κ2) is 6.50.